The van der Waals surface area contributed by atoms with E-state index in [1.54, 1.807) is 18.4 Å². The molecule has 0 radical (unpaired) electrons. The minimum absolute atomic E-state index is 0.210. The van der Waals surface area contributed by atoms with E-state index in [0.717, 1.165) is 30.9 Å². The number of benzene rings is 1. The van der Waals surface area contributed by atoms with Crippen LogP contribution in [0, 0.1) is 6.92 Å². The molecule has 0 fully saturated rings. The first-order valence-corrected chi connectivity index (χ1v) is 10.9. The third kappa shape index (κ3) is 5.05. The molecule has 0 unspecified atom stereocenters. The van der Waals surface area contributed by atoms with Gasteiger partial charge in [0.25, 0.3) is 5.91 Å². The molecule has 1 aromatic carbocycles. The van der Waals surface area contributed by atoms with Gasteiger partial charge in [-0.25, -0.2) is 9.97 Å². The van der Waals surface area contributed by atoms with Gasteiger partial charge in [-0.1, -0.05) is 26.0 Å². The number of thioether (sulfide) groups is 1. The molecule has 0 saturated carbocycles. The van der Waals surface area contributed by atoms with Crippen LogP contribution in [-0.4, -0.2) is 40.1 Å². The highest BCUT2D eigenvalue weighted by molar-refractivity contribution is 7.98. The summed E-state index contributed by atoms with van der Waals surface area (Å²) in [5.74, 6) is 0.854. The maximum Gasteiger partial charge on any atom is 0.260 e. The van der Waals surface area contributed by atoms with Crippen molar-refractivity contribution in [1.82, 2.24) is 14.9 Å². The van der Waals surface area contributed by atoms with E-state index in [0.29, 0.717) is 27.9 Å². The van der Waals surface area contributed by atoms with Crippen LogP contribution in [0.3, 0.4) is 0 Å². The Balaban J connectivity index is 1.84. The molecule has 0 aliphatic carbocycles. The summed E-state index contributed by atoms with van der Waals surface area (Å²) in [4.78, 5) is 24.4. The van der Waals surface area contributed by atoms with Crippen LogP contribution < -0.4 is 5.32 Å². The summed E-state index contributed by atoms with van der Waals surface area (Å²) < 4.78 is 5.39. The summed E-state index contributed by atoms with van der Waals surface area (Å²) in [6.45, 7) is 8.94. The average molecular weight is 411 g/mol. The van der Waals surface area contributed by atoms with Crippen LogP contribution in [0.5, 0.6) is 0 Å². The molecule has 0 aliphatic heterocycles. The molecule has 1 amide bonds. The molecule has 0 aliphatic rings. The lowest BCUT2D eigenvalue weighted by molar-refractivity contribution is 0.102. The van der Waals surface area contributed by atoms with E-state index in [2.05, 4.69) is 40.1 Å². The fraction of sp³-hybridized carbons (Fsp3) is 0.318. The monoisotopic (exact) mass is 410 g/mol. The lowest BCUT2D eigenvalue weighted by Crippen LogP contribution is -2.22. The summed E-state index contributed by atoms with van der Waals surface area (Å²) >= 11 is 1.42. The van der Waals surface area contributed by atoms with E-state index in [9.17, 15) is 4.79 Å². The molecule has 29 heavy (non-hydrogen) atoms. The standard InChI is InChI=1S/C22H26N4O2S/c1-5-26(6-2)14-16-9-7-10-17(13-16)24-21(27)19-15(3)23-20(25-22(19)29-4)18-11-8-12-28-18/h7-13H,5-6,14H2,1-4H3,(H,24,27). The van der Waals surface area contributed by atoms with Crippen molar-refractivity contribution in [3.63, 3.8) is 0 Å². The number of aromatic nitrogens is 2. The maximum absolute atomic E-state index is 13.0. The van der Waals surface area contributed by atoms with Crippen molar-refractivity contribution in [3.05, 3.63) is 59.5 Å². The fourth-order valence-corrected chi connectivity index (χ4v) is 3.74. The molecule has 3 aromatic rings. The SMILES string of the molecule is CCN(CC)Cc1cccc(NC(=O)c2c(C)nc(-c3ccco3)nc2SC)c1. The Morgan fingerprint density at radius 3 is 2.62 bits per heavy atom. The second-order valence-corrected chi connectivity index (χ2v) is 7.41. The number of hydrogen-bond acceptors (Lipinski definition) is 6. The zero-order chi connectivity index (χ0) is 20.8. The Morgan fingerprint density at radius 1 is 1.17 bits per heavy atom. The molecule has 0 atom stereocenters. The van der Waals surface area contributed by atoms with Gasteiger partial charge in [0.1, 0.15) is 5.03 Å². The first kappa shape index (κ1) is 21.1. The van der Waals surface area contributed by atoms with Gasteiger partial charge in [-0.2, -0.15) is 0 Å². The van der Waals surface area contributed by atoms with E-state index in [4.69, 9.17) is 4.42 Å². The molecule has 3 rings (SSSR count). The van der Waals surface area contributed by atoms with Gasteiger partial charge in [0.15, 0.2) is 11.6 Å². The van der Waals surface area contributed by atoms with Crippen molar-refractivity contribution < 1.29 is 9.21 Å². The van der Waals surface area contributed by atoms with E-state index in [-0.39, 0.29) is 5.91 Å². The number of aryl methyl sites for hydroxylation is 1. The molecule has 2 heterocycles. The van der Waals surface area contributed by atoms with Crippen molar-refractivity contribution >= 4 is 23.4 Å². The van der Waals surface area contributed by atoms with E-state index in [1.165, 1.54) is 11.8 Å². The zero-order valence-electron chi connectivity index (χ0n) is 17.2. The number of carbonyl (C=O) groups is 1. The number of anilines is 1. The third-order valence-electron chi connectivity index (χ3n) is 4.70. The minimum Gasteiger partial charge on any atom is -0.461 e. The maximum atomic E-state index is 13.0. The van der Waals surface area contributed by atoms with Crippen molar-refractivity contribution in [1.29, 1.82) is 0 Å². The van der Waals surface area contributed by atoms with Gasteiger partial charge in [-0.15, -0.1) is 11.8 Å². The summed E-state index contributed by atoms with van der Waals surface area (Å²) in [5, 5.41) is 3.63. The van der Waals surface area contributed by atoms with Crippen LogP contribution in [0.15, 0.2) is 52.1 Å². The van der Waals surface area contributed by atoms with Gasteiger partial charge < -0.3 is 9.73 Å². The fourth-order valence-electron chi connectivity index (χ4n) is 3.12. The van der Waals surface area contributed by atoms with Gasteiger partial charge in [-0.05, 0) is 56.1 Å². The first-order valence-electron chi connectivity index (χ1n) is 9.64. The molecular formula is C22H26N4O2S. The highest BCUT2D eigenvalue weighted by atomic mass is 32.2. The van der Waals surface area contributed by atoms with E-state index in [1.807, 2.05) is 31.4 Å². The topological polar surface area (TPSA) is 71.3 Å². The van der Waals surface area contributed by atoms with E-state index >= 15 is 0 Å². The molecule has 0 spiro atoms. The lowest BCUT2D eigenvalue weighted by atomic mass is 10.1. The number of amides is 1. The van der Waals surface area contributed by atoms with Crippen LogP contribution in [0.4, 0.5) is 5.69 Å². The molecular weight excluding hydrogens is 384 g/mol. The van der Waals surface area contributed by atoms with Gasteiger partial charge in [0, 0.05) is 12.2 Å². The summed E-state index contributed by atoms with van der Waals surface area (Å²) in [7, 11) is 0. The Hall–Kier alpha value is -2.64. The highest BCUT2D eigenvalue weighted by Crippen LogP contribution is 2.26. The lowest BCUT2D eigenvalue weighted by Gasteiger charge is -2.18. The largest absolute Gasteiger partial charge is 0.461 e. The van der Waals surface area contributed by atoms with Crippen LogP contribution in [-0.2, 0) is 6.54 Å². The number of nitrogens with zero attached hydrogens (tertiary/aromatic N) is 3. The third-order valence-corrected chi connectivity index (χ3v) is 5.39. The first-order chi connectivity index (χ1) is 14.0. The number of rotatable bonds is 8. The molecule has 6 nitrogen and oxygen atoms in total. The van der Waals surface area contributed by atoms with Crippen molar-refractivity contribution in [2.45, 2.75) is 32.3 Å². The average Bonchev–Trinajstić information content (AvgIpc) is 3.26. The van der Waals surface area contributed by atoms with Crippen LogP contribution >= 0.6 is 11.8 Å². The quantitative estimate of drug-likeness (QED) is 0.422. The Kier molecular flexibility index (Phi) is 7.06. The normalized spacial score (nSPS) is 11.1. The van der Waals surface area contributed by atoms with Crippen LogP contribution in [0.2, 0.25) is 0 Å². The molecule has 0 bridgehead atoms. The zero-order valence-corrected chi connectivity index (χ0v) is 18.0. The second-order valence-electron chi connectivity index (χ2n) is 6.61. The number of nitrogens with one attached hydrogen (secondary N) is 1. The molecule has 2 aromatic heterocycles. The van der Waals surface area contributed by atoms with Crippen molar-refractivity contribution in [2.75, 3.05) is 24.7 Å². The summed E-state index contributed by atoms with van der Waals surface area (Å²) in [5.41, 5.74) is 3.04. The number of furan rings is 1. The Labute approximate surface area is 175 Å². The second kappa shape index (κ2) is 9.71. The van der Waals surface area contributed by atoms with Crippen molar-refractivity contribution in [3.8, 4) is 11.6 Å². The van der Waals surface area contributed by atoms with Crippen LogP contribution in [0.1, 0.15) is 35.5 Å². The number of hydrogen-bond donors (Lipinski definition) is 1. The molecule has 0 saturated heterocycles. The van der Waals surface area contributed by atoms with Gasteiger partial charge >= 0.3 is 0 Å². The highest BCUT2D eigenvalue weighted by Gasteiger charge is 2.20. The van der Waals surface area contributed by atoms with Crippen LogP contribution in [0.25, 0.3) is 11.6 Å². The predicted molar refractivity (Wildman–Crippen MR) is 117 cm³/mol. The number of carbonyl (C=O) groups excluding carboxylic acids is 1. The smallest absolute Gasteiger partial charge is 0.260 e. The Morgan fingerprint density at radius 2 is 1.97 bits per heavy atom. The summed E-state index contributed by atoms with van der Waals surface area (Å²) in [6, 6.07) is 11.6. The van der Waals surface area contributed by atoms with Gasteiger partial charge in [0.05, 0.1) is 17.5 Å². The molecule has 152 valence electrons. The predicted octanol–water partition coefficient (Wildman–Crippen LogP) is 4.86. The Bertz CT molecular complexity index is 969. The molecule has 7 heteroatoms. The van der Waals surface area contributed by atoms with E-state index < -0.39 is 0 Å². The summed E-state index contributed by atoms with van der Waals surface area (Å²) in [6.07, 6.45) is 3.48. The van der Waals surface area contributed by atoms with Gasteiger partial charge in [0.2, 0.25) is 0 Å². The molecule has 1 N–H and O–H groups in total. The van der Waals surface area contributed by atoms with Gasteiger partial charge in [-0.3, -0.25) is 9.69 Å². The minimum atomic E-state index is -0.210. The van der Waals surface area contributed by atoms with Crippen molar-refractivity contribution in [2.24, 2.45) is 0 Å².